The van der Waals surface area contributed by atoms with Gasteiger partial charge < -0.3 is 10.2 Å². The Morgan fingerprint density at radius 1 is 1.50 bits per heavy atom. The van der Waals surface area contributed by atoms with Gasteiger partial charge in [-0.15, -0.1) is 6.58 Å². The zero-order valence-corrected chi connectivity index (χ0v) is 10.1. The van der Waals surface area contributed by atoms with Crippen molar-refractivity contribution < 1.29 is 15.0 Å². The van der Waals surface area contributed by atoms with Gasteiger partial charge in [0.25, 0.3) is 0 Å². The summed E-state index contributed by atoms with van der Waals surface area (Å²) in [5, 5.41) is 18.4. The first-order chi connectivity index (χ1) is 7.32. The Bertz CT molecular complexity index is 311. The second-order valence-electron chi connectivity index (χ2n) is 4.13. The highest BCUT2D eigenvalue weighted by molar-refractivity contribution is 5.80. The average Bonchev–Trinajstić information content (AvgIpc) is 2.17. The zero-order valence-electron chi connectivity index (χ0n) is 10.1. The van der Waals surface area contributed by atoms with Gasteiger partial charge in [-0.1, -0.05) is 25.2 Å². The van der Waals surface area contributed by atoms with Crippen molar-refractivity contribution in [1.29, 1.82) is 0 Å². The lowest BCUT2D eigenvalue weighted by Gasteiger charge is -2.23. The summed E-state index contributed by atoms with van der Waals surface area (Å²) < 4.78 is 0. The molecule has 0 saturated heterocycles. The number of aliphatic hydroxyl groups is 1. The van der Waals surface area contributed by atoms with Crippen LogP contribution in [0.5, 0.6) is 0 Å². The number of aliphatic carboxylic acids is 1. The lowest BCUT2D eigenvalue weighted by molar-refractivity contribution is -0.131. The Balaban J connectivity index is 4.63. The molecule has 2 atom stereocenters. The third-order valence-corrected chi connectivity index (χ3v) is 2.48. The molecule has 0 heterocycles. The van der Waals surface area contributed by atoms with E-state index in [9.17, 15) is 9.90 Å². The van der Waals surface area contributed by atoms with Crippen LogP contribution in [0.15, 0.2) is 36.5 Å². The summed E-state index contributed by atoms with van der Waals surface area (Å²) in [6.07, 6.45) is 6.53. The number of hydrogen-bond donors (Lipinski definition) is 2. The highest BCUT2D eigenvalue weighted by Gasteiger charge is 2.20. The smallest absolute Gasteiger partial charge is 0.328 e. The maximum Gasteiger partial charge on any atom is 0.328 e. The molecule has 0 fully saturated rings. The monoisotopic (exact) mass is 224 g/mol. The maximum atomic E-state index is 10.4. The van der Waals surface area contributed by atoms with Crippen LogP contribution in [0.1, 0.15) is 27.2 Å². The summed E-state index contributed by atoms with van der Waals surface area (Å²) in [7, 11) is 0. The van der Waals surface area contributed by atoms with Gasteiger partial charge in [0.2, 0.25) is 0 Å². The molecule has 2 N–H and O–H groups in total. The summed E-state index contributed by atoms with van der Waals surface area (Å²) in [4.78, 5) is 10.4. The molecule has 16 heavy (non-hydrogen) atoms. The number of carbonyl (C=O) groups is 1. The molecule has 0 aromatic rings. The summed E-state index contributed by atoms with van der Waals surface area (Å²) in [5.41, 5.74) is -0.0328. The molecule has 0 aromatic heterocycles. The van der Waals surface area contributed by atoms with Crippen LogP contribution in [0.2, 0.25) is 0 Å². The van der Waals surface area contributed by atoms with E-state index in [-0.39, 0.29) is 5.92 Å². The Labute approximate surface area is 96.8 Å². The maximum absolute atomic E-state index is 10.4. The van der Waals surface area contributed by atoms with Crippen molar-refractivity contribution in [2.24, 2.45) is 5.92 Å². The molecule has 0 bridgehead atoms. The average molecular weight is 224 g/mol. The van der Waals surface area contributed by atoms with E-state index in [4.69, 9.17) is 5.11 Å². The van der Waals surface area contributed by atoms with Crippen LogP contribution in [0.25, 0.3) is 0 Å². The van der Waals surface area contributed by atoms with E-state index in [0.717, 1.165) is 11.6 Å². The highest BCUT2D eigenvalue weighted by Crippen LogP contribution is 2.24. The fourth-order valence-electron chi connectivity index (χ4n) is 1.53. The molecule has 0 aliphatic heterocycles. The Kier molecular flexibility index (Phi) is 5.75. The minimum absolute atomic E-state index is 0.0774. The first-order valence-corrected chi connectivity index (χ1v) is 5.25. The number of carboxylic acids is 1. The predicted octanol–water partition coefficient (Wildman–Crippen LogP) is 2.54. The first-order valence-electron chi connectivity index (χ1n) is 5.25. The second kappa shape index (κ2) is 6.28. The molecule has 0 spiro atoms. The highest BCUT2D eigenvalue weighted by atomic mass is 16.4. The van der Waals surface area contributed by atoms with Crippen molar-refractivity contribution in [3.05, 3.63) is 36.5 Å². The van der Waals surface area contributed by atoms with E-state index in [1.807, 2.05) is 19.9 Å². The fraction of sp³-hybridized carbons (Fsp3) is 0.462. The van der Waals surface area contributed by atoms with E-state index in [1.165, 1.54) is 6.08 Å². The molecule has 0 aliphatic carbocycles. The largest absolute Gasteiger partial charge is 0.478 e. The Morgan fingerprint density at radius 3 is 2.44 bits per heavy atom. The van der Waals surface area contributed by atoms with Crippen LogP contribution in [-0.4, -0.2) is 21.8 Å². The minimum atomic E-state index is -0.970. The topological polar surface area (TPSA) is 57.5 Å². The molecule has 3 nitrogen and oxygen atoms in total. The van der Waals surface area contributed by atoms with Crippen molar-refractivity contribution in [2.75, 3.05) is 0 Å². The van der Waals surface area contributed by atoms with Crippen LogP contribution >= 0.6 is 0 Å². The molecule has 3 heteroatoms. The van der Waals surface area contributed by atoms with Crippen molar-refractivity contribution in [3.8, 4) is 0 Å². The van der Waals surface area contributed by atoms with Crippen molar-refractivity contribution in [1.82, 2.24) is 0 Å². The summed E-state index contributed by atoms with van der Waals surface area (Å²) in [6, 6.07) is 0. The van der Waals surface area contributed by atoms with E-state index < -0.39 is 11.6 Å². The molecule has 0 radical (unpaired) electrons. The van der Waals surface area contributed by atoms with Gasteiger partial charge in [0.1, 0.15) is 0 Å². The lowest BCUT2D eigenvalue weighted by Crippen LogP contribution is -2.24. The van der Waals surface area contributed by atoms with Crippen LogP contribution in [0.3, 0.4) is 0 Å². The number of rotatable bonds is 6. The molecular weight excluding hydrogens is 204 g/mol. The quantitative estimate of drug-likeness (QED) is 0.414. The number of hydrogen-bond acceptors (Lipinski definition) is 2. The Morgan fingerprint density at radius 2 is 2.06 bits per heavy atom. The molecule has 2 unspecified atom stereocenters. The normalized spacial score (nSPS) is 18.1. The zero-order chi connectivity index (χ0) is 12.8. The molecule has 0 aromatic carbocycles. The van der Waals surface area contributed by atoms with Gasteiger partial charge in [0, 0.05) is 6.08 Å². The van der Waals surface area contributed by atoms with Crippen LogP contribution in [0.4, 0.5) is 0 Å². The number of allylic oxidation sites excluding steroid dienone is 3. The van der Waals surface area contributed by atoms with E-state index >= 15 is 0 Å². The van der Waals surface area contributed by atoms with Gasteiger partial charge in [-0.25, -0.2) is 4.79 Å². The SMILES string of the molecule is C=CC(C)(O)CC(C)C(/C=C\C(=O)O)=C\C. The standard InChI is InChI=1S/C13H20O3/c1-5-11(7-8-12(14)15)10(3)9-13(4,16)6-2/h5-8,10,16H,2,9H2,1,3-4H3,(H,14,15)/b8-7-,11-5-. The van der Waals surface area contributed by atoms with Crippen LogP contribution in [0, 0.1) is 5.92 Å². The minimum Gasteiger partial charge on any atom is -0.478 e. The van der Waals surface area contributed by atoms with Crippen molar-refractivity contribution in [3.63, 3.8) is 0 Å². The summed E-state index contributed by atoms with van der Waals surface area (Å²) in [5.74, 6) is -0.893. The predicted molar refractivity (Wildman–Crippen MR) is 65.1 cm³/mol. The molecular formula is C13H20O3. The first kappa shape index (κ1) is 14.6. The van der Waals surface area contributed by atoms with Crippen LogP contribution < -0.4 is 0 Å². The summed E-state index contributed by atoms with van der Waals surface area (Å²) in [6.45, 7) is 9.04. The van der Waals surface area contributed by atoms with E-state index in [2.05, 4.69) is 6.58 Å². The molecule has 0 aliphatic rings. The molecule has 0 saturated carbocycles. The van der Waals surface area contributed by atoms with Crippen molar-refractivity contribution >= 4 is 5.97 Å². The Hall–Kier alpha value is -1.35. The van der Waals surface area contributed by atoms with Gasteiger partial charge in [-0.3, -0.25) is 0 Å². The van der Waals surface area contributed by atoms with Gasteiger partial charge in [-0.05, 0) is 31.8 Å². The number of carboxylic acid groups (broad SMARTS) is 1. The van der Waals surface area contributed by atoms with Gasteiger partial charge in [0.05, 0.1) is 5.60 Å². The third kappa shape index (κ3) is 5.51. The molecule has 90 valence electrons. The third-order valence-electron chi connectivity index (χ3n) is 2.48. The van der Waals surface area contributed by atoms with Crippen LogP contribution in [-0.2, 0) is 4.79 Å². The summed E-state index contributed by atoms with van der Waals surface area (Å²) >= 11 is 0. The lowest BCUT2D eigenvalue weighted by atomic mass is 9.87. The van der Waals surface area contributed by atoms with E-state index in [0.29, 0.717) is 6.42 Å². The fourth-order valence-corrected chi connectivity index (χ4v) is 1.53. The van der Waals surface area contributed by atoms with E-state index in [1.54, 1.807) is 13.0 Å². The van der Waals surface area contributed by atoms with Gasteiger partial charge in [0.15, 0.2) is 0 Å². The van der Waals surface area contributed by atoms with Gasteiger partial charge >= 0.3 is 5.97 Å². The molecule has 0 rings (SSSR count). The van der Waals surface area contributed by atoms with Gasteiger partial charge in [-0.2, -0.15) is 0 Å². The second-order valence-corrected chi connectivity index (χ2v) is 4.13. The molecule has 0 amide bonds. The van der Waals surface area contributed by atoms with Crippen molar-refractivity contribution in [2.45, 2.75) is 32.8 Å².